The fourth-order valence-electron chi connectivity index (χ4n) is 2.32. The van der Waals surface area contributed by atoms with Gasteiger partial charge in [-0.15, -0.1) is 11.6 Å². The Hall–Kier alpha value is -0.920. The standard InChI is InChI=1S/C16H29ClN3O5P/c1-6-14(11(2)3)18-26(23,19-15(9-17)12(4)5)24-10-13-7-8-16(25-13)20(21)22/h7-8,11-12,14-15H,6,9-10H2,1-5H3,(H2,18,19,23)/t14-,15-,26?/m1/s1. The number of rotatable bonds is 12. The lowest BCUT2D eigenvalue weighted by Gasteiger charge is -2.31. The molecule has 1 rings (SSSR count). The van der Waals surface area contributed by atoms with Crippen LogP contribution in [0.15, 0.2) is 16.5 Å². The molecule has 0 radical (unpaired) electrons. The van der Waals surface area contributed by atoms with Gasteiger partial charge in [0.1, 0.15) is 17.3 Å². The van der Waals surface area contributed by atoms with Crippen molar-refractivity contribution >= 4 is 25.2 Å². The number of nitrogens with zero attached hydrogens (tertiary/aromatic N) is 1. The minimum absolute atomic E-state index is 0.0255. The van der Waals surface area contributed by atoms with Crippen LogP contribution in [0, 0.1) is 22.0 Å². The van der Waals surface area contributed by atoms with Crippen molar-refractivity contribution in [2.24, 2.45) is 11.8 Å². The van der Waals surface area contributed by atoms with Gasteiger partial charge < -0.3 is 4.42 Å². The molecule has 0 fully saturated rings. The van der Waals surface area contributed by atoms with Crippen LogP contribution in [0.4, 0.5) is 5.88 Å². The molecule has 1 unspecified atom stereocenters. The van der Waals surface area contributed by atoms with Gasteiger partial charge in [0.2, 0.25) is 0 Å². The van der Waals surface area contributed by atoms with Gasteiger partial charge in [0.15, 0.2) is 0 Å². The maximum Gasteiger partial charge on any atom is 0.433 e. The maximum atomic E-state index is 13.4. The van der Waals surface area contributed by atoms with Crippen LogP contribution in [-0.4, -0.2) is 22.9 Å². The molecular formula is C16H29ClN3O5P. The molecule has 150 valence electrons. The zero-order valence-electron chi connectivity index (χ0n) is 15.9. The zero-order valence-corrected chi connectivity index (χ0v) is 17.5. The number of hydrogen-bond acceptors (Lipinski definition) is 5. The summed E-state index contributed by atoms with van der Waals surface area (Å²) in [5.74, 6) is 0.517. The summed E-state index contributed by atoms with van der Waals surface area (Å²) in [6.45, 7) is 9.85. The Kier molecular flexibility index (Phi) is 9.27. The molecule has 1 heterocycles. The first-order valence-corrected chi connectivity index (χ1v) is 10.9. The molecule has 0 amide bonds. The third-order valence-electron chi connectivity index (χ3n) is 4.10. The Morgan fingerprint density at radius 2 is 1.81 bits per heavy atom. The Morgan fingerprint density at radius 1 is 1.23 bits per heavy atom. The van der Waals surface area contributed by atoms with Gasteiger partial charge in [0.25, 0.3) is 0 Å². The van der Waals surface area contributed by atoms with Crippen LogP contribution >= 0.6 is 19.3 Å². The van der Waals surface area contributed by atoms with Crippen molar-refractivity contribution in [3.63, 3.8) is 0 Å². The molecular weight excluding hydrogens is 381 g/mol. The van der Waals surface area contributed by atoms with E-state index in [1.807, 2.05) is 34.6 Å². The number of nitrogens with one attached hydrogen (secondary N) is 2. The second-order valence-corrected chi connectivity index (χ2v) is 9.03. The van der Waals surface area contributed by atoms with Gasteiger partial charge in [-0.25, -0.2) is 10.2 Å². The van der Waals surface area contributed by atoms with Gasteiger partial charge >= 0.3 is 13.6 Å². The van der Waals surface area contributed by atoms with Crippen molar-refractivity contribution in [1.82, 2.24) is 10.2 Å². The molecule has 0 aliphatic heterocycles. The molecule has 0 bridgehead atoms. The van der Waals surface area contributed by atoms with Crippen LogP contribution in [0.25, 0.3) is 0 Å². The number of hydrogen-bond donors (Lipinski definition) is 2. The highest BCUT2D eigenvalue weighted by atomic mass is 35.5. The van der Waals surface area contributed by atoms with Gasteiger partial charge in [0.05, 0.1) is 6.07 Å². The van der Waals surface area contributed by atoms with Crippen LogP contribution in [0.3, 0.4) is 0 Å². The number of halogens is 1. The van der Waals surface area contributed by atoms with Gasteiger partial charge in [-0.1, -0.05) is 34.6 Å². The van der Waals surface area contributed by atoms with Gasteiger partial charge in [-0.3, -0.25) is 19.2 Å². The third-order valence-corrected chi connectivity index (χ3v) is 6.27. The first kappa shape index (κ1) is 23.1. The van der Waals surface area contributed by atoms with Gasteiger partial charge in [0, 0.05) is 18.0 Å². The van der Waals surface area contributed by atoms with E-state index in [0.717, 1.165) is 6.42 Å². The second-order valence-electron chi connectivity index (χ2n) is 6.84. The topological polar surface area (TPSA) is 107 Å². The molecule has 0 saturated heterocycles. The predicted octanol–water partition coefficient (Wildman–Crippen LogP) is 4.69. The summed E-state index contributed by atoms with van der Waals surface area (Å²) in [7, 11) is -3.47. The number of alkyl halides is 1. The fourth-order valence-corrected chi connectivity index (χ4v) is 5.14. The largest absolute Gasteiger partial charge is 0.433 e. The molecule has 0 spiro atoms. The molecule has 1 aromatic heterocycles. The summed E-state index contributed by atoms with van der Waals surface area (Å²) in [6, 6.07) is 2.43. The Labute approximate surface area is 159 Å². The molecule has 26 heavy (non-hydrogen) atoms. The molecule has 0 aromatic carbocycles. The average Bonchev–Trinajstić information content (AvgIpc) is 3.05. The van der Waals surface area contributed by atoms with E-state index < -0.39 is 12.6 Å². The smallest absolute Gasteiger partial charge is 0.403 e. The first-order chi connectivity index (χ1) is 12.1. The molecule has 10 heteroatoms. The normalized spacial score (nSPS) is 16.6. The Morgan fingerprint density at radius 3 is 2.23 bits per heavy atom. The van der Waals surface area contributed by atoms with Crippen molar-refractivity contribution in [1.29, 1.82) is 0 Å². The lowest BCUT2D eigenvalue weighted by atomic mass is 10.0. The molecule has 8 nitrogen and oxygen atoms in total. The predicted molar refractivity (Wildman–Crippen MR) is 102 cm³/mol. The lowest BCUT2D eigenvalue weighted by Crippen LogP contribution is -2.41. The molecule has 0 aliphatic rings. The first-order valence-electron chi connectivity index (χ1n) is 8.71. The molecule has 3 atom stereocenters. The van der Waals surface area contributed by atoms with Crippen molar-refractivity contribution in [3.05, 3.63) is 28.0 Å². The van der Waals surface area contributed by atoms with Crippen LogP contribution in [0.1, 0.15) is 46.8 Å². The van der Waals surface area contributed by atoms with E-state index in [1.54, 1.807) is 0 Å². The summed E-state index contributed by atoms with van der Waals surface area (Å²) in [4.78, 5) is 10.1. The zero-order chi connectivity index (χ0) is 19.9. The summed E-state index contributed by atoms with van der Waals surface area (Å²) in [5.41, 5.74) is 0. The molecule has 0 aliphatic carbocycles. The summed E-state index contributed by atoms with van der Waals surface area (Å²) < 4.78 is 24.1. The minimum atomic E-state index is -3.47. The Bertz CT molecular complexity index is 601. The van der Waals surface area contributed by atoms with Crippen LogP contribution in [0.2, 0.25) is 0 Å². The third kappa shape index (κ3) is 7.00. The van der Waals surface area contributed by atoms with E-state index in [0.29, 0.717) is 0 Å². The van der Waals surface area contributed by atoms with E-state index in [9.17, 15) is 14.7 Å². The van der Waals surface area contributed by atoms with E-state index in [1.165, 1.54) is 12.1 Å². The number of furan rings is 1. The van der Waals surface area contributed by atoms with Crippen molar-refractivity contribution in [2.75, 3.05) is 5.88 Å². The maximum absolute atomic E-state index is 13.4. The summed E-state index contributed by atoms with van der Waals surface area (Å²) in [6.07, 6.45) is 0.770. The van der Waals surface area contributed by atoms with Crippen LogP contribution in [0.5, 0.6) is 0 Å². The quantitative estimate of drug-likeness (QED) is 0.223. The lowest BCUT2D eigenvalue weighted by molar-refractivity contribution is -0.402. The Balaban J connectivity index is 2.94. The van der Waals surface area contributed by atoms with Crippen LogP contribution in [-0.2, 0) is 15.7 Å². The highest BCUT2D eigenvalue weighted by Gasteiger charge is 2.32. The summed E-state index contributed by atoms with van der Waals surface area (Å²) in [5, 5.41) is 16.8. The second kappa shape index (κ2) is 10.4. The SMILES string of the molecule is CC[C@@H](NP(=O)(N[C@H](CCl)C(C)C)OCc1ccc([N+](=O)[O-])o1)C(C)C. The summed E-state index contributed by atoms with van der Waals surface area (Å²) >= 11 is 6.00. The van der Waals surface area contributed by atoms with Crippen molar-refractivity contribution in [3.8, 4) is 0 Å². The van der Waals surface area contributed by atoms with Gasteiger partial charge in [-0.05, 0) is 24.3 Å². The molecule has 2 N–H and O–H groups in total. The highest BCUT2D eigenvalue weighted by Crippen LogP contribution is 2.42. The average molecular weight is 410 g/mol. The van der Waals surface area contributed by atoms with Crippen molar-refractivity contribution in [2.45, 2.75) is 59.7 Å². The highest BCUT2D eigenvalue weighted by molar-refractivity contribution is 7.54. The van der Waals surface area contributed by atoms with E-state index >= 15 is 0 Å². The minimum Gasteiger partial charge on any atom is -0.403 e. The van der Waals surface area contributed by atoms with Crippen molar-refractivity contribution < 1.29 is 18.4 Å². The van der Waals surface area contributed by atoms with Crippen LogP contribution < -0.4 is 10.2 Å². The van der Waals surface area contributed by atoms with E-state index in [2.05, 4.69) is 10.2 Å². The monoisotopic (exact) mass is 409 g/mol. The van der Waals surface area contributed by atoms with E-state index in [-0.39, 0.29) is 48.1 Å². The molecule has 0 saturated carbocycles. The number of nitro groups is 1. The fraction of sp³-hybridized carbons (Fsp3) is 0.750. The van der Waals surface area contributed by atoms with E-state index in [4.69, 9.17) is 20.5 Å². The van der Waals surface area contributed by atoms with Gasteiger partial charge in [-0.2, -0.15) is 0 Å². The molecule has 1 aromatic rings.